The van der Waals surface area contributed by atoms with Crippen LogP contribution >= 0.6 is 0 Å². The van der Waals surface area contributed by atoms with Crippen LogP contribution in [0.5, 0.6) is 5.75 Å². The van der Waals surface area contributed by atoms with Crippen LogP contribution in [-0.2, 0) is 0 Å². The minimum atomic E-state index is 0.743. The molecule has 1 aromatic heterocycles. The first kappa shape index (κ1) is 19.9. The molecule has 0 N–H and O–H groups in total. The summed E-state index contributed by atoms with van der Waals surface area (Å²) in [6, 6.07) is 25.0. The van der Waals surface area contributed by atoms with E-state index in [1.165, 1.54) is 11.1 Å². The molecule has 4 heteroatoms. The number of rotatable bonds is 7. The smallest absolute Gasteiger partial charge is 0.168 e. The SMILES string of the molecule is CCCCOc1ccc(-c2nnc(-c3ccc(C)cc3)n2-c2ccc(C)cc2)cc1. The van der Waals surface area contributed by atoms with E-state index in [0.29, 0.717) is 0 Å². The zero-order valence-corrected chi connectivity index (χ0v) is 17.8. The van der Waals surface area contributed by atoms with Gasteiger partial charge in [-0.25, -0.2) is 0 Å². The third-order valence-corrected chi connectivity index (χ3v) is 5.14. The van der Waals surface area contributed by atoms with Gasteiger partial charge in [0, 0.05) is 16.8 Å². The zero-order chi connectivity index (χ0) is 20.9. The highest BCUT2D eigenvalue weighted by molar-refractivity contribution is 5.67. The van der Waals surface area contributed by atoms with Gasteiger partial charge in [0.05, 0.1) is 6.61 Å². The number of benzene rings is 3. The lowest BCUT2D eigenvalue weighted by Gasteiger charge is -2.12. The normalized spacial score (nSPS) is 10.9. The molecule has 0 aliphatic rings. The van der Waals surface area contributed by atoms with Gasteiger partial charge in [0.25, 0.3) is 0 Å². The van der Waals surface area contributed by atoms with Crippen molar-refractivity contribution in [1.29, 1.82) is 0 Å². The molecule has 0 spiro atoms. The highest BCUT2D eigenvalue weighted by Gasteiger charge is 2.17. The molecule has 0 unspecified atom stereocenters. The number of hydrogen-bond acceptors (Lipinski definition) is 3. The maximum Gasteiger partial charge on any atom is 0.168 e. The maximum atomic E-state index is 5.81. The molecule has 0 bridgehead atoms. The van der Waals surface area contributed by atoms with Crippen molar-refractivity contribution in [2.45, 2.75) is 33.6 Å². The van der Waals surface area contributed by atoms with Crippen LogP contribution in [0.3, 0.4) is 0 Å². The predicted octanol–water partition coefficient (Wildman–Crippen LogP) is 6.40. The summed E-state index contributed by atoms with van der Waals surface area (Å²) in [5.41, 5.74) is 5.53. The van der Waals surface area contributed by atoms with Gasteiger partial charge in [-0.3, -0.25) is 4.57 Å². The lowest BCUT2D eigenvalue weighted by molar-refractivity contribution is 0.309. The number of ether oxygens (including phenoxy) is 1. The quantitative estimate of drug-likeness (QED) is 0.339. The first-order chi connectivity index (χ1) is 14.7. The largest absolute Gasteiger partial charge is 0.494 e. The molecular formula is C26H27N3O. The number of unbranched alkanes of at least 4 members (excludes halogenated alkanes) is 1. The molecule has 4 rings (SSSR count). The highest BCUT2D eigenvalue weighted by atomic mass is 16.5. The Morgan fingerprint density at radius 3 is 1.73 bits per heavy atom. The Balaban J connectivity index is 1.76. The summed E-state index contributed by atoms with van der Waals surface area (Å²) >= 11 is 0. The molecule has 0 radical (unpaired) electrons. The van der Waals surface area contributed by atoms with Crippen LogP contribution in [0.4, 0.5) is 0 Å². The molecule has 0 saturated heterocycles. The average Bonchev–Trinajstić information content (AvgIpc) is 3.20. The van der Waals surface area contributed by atoms with Crippen molar-refractivity contribution < 1.29 is 4.74 Å². The lowest BCUT2D eigenvalue weighted by atomic mass is 10.1. The van der Waals surface area contributed by atoms with Crippen LogP contribution in [0.1, 0.15) is 30.9 Å². The lowest BCUT2D eigenvalue weighted by Crippen LogP contribution is -2.01. The van der Waals surface area contributed by atoms with Crippen molar-refractivity contribution in [3.8, 4) is 34.2 Å². The minimum absolute atomic E-state index is 0.743. The Bertz CT molecular complexity index is 1090. The average molecular weight is 398 g/mol. The van der Waals surface area contributed by atoms with Crippen molar-refractivity contribution in [3.63, 3.8) is 0 Å². The second-order valence-corrected chi connectivity index (χ2v) is 7.61. The topological polar surface area (TPSA) is 39.9 Å². The molecule has 0 aliphatic heterocycles. The fourth-order valence-electron chi connectivity index (χ4n) is 3.33. The Morgan fingerprint density at radius 1 is 0.700 bits per heavy atom. The van der Waals surface area contributed by atoms with Crippen molar-refractivity contribution in [2.24, 2.45) is 0 Å². The second kappa shape index (κ2) is 8.95. The maximum absolute atomic E-state index is 5.81. The van der Waals surface area contributed by atoms with Crippen LogP contribution in [0.15, 0.2) is 72.8 Å². The van der Waals surface area contributed by atoms with Gasteiger partial charge in [0.2, 0.25) is 0 Å². The molecule has 3 aromatic carbocycles. The summed E-state index contributed by atoms with van der Waals surface area (Å²) in [7, 11) is 0. The first-order valence-corrected chi connectivity index (χ1v) is 10.5. The first-order valence-electron chi connectivity index (χ1n) is 10.5. The van der Waals surface area contributed by atoms with Crippen LogP contribution < -0.4 is 4.74 Å². The molecule has 30 heavy (non-hydrogen) atoms. The van der Waals surface area contributed by atoms with Crippen LogP contribution in [0.2, 0.25) is 0 Å². The molecule has 0 fully saturated rings. The molecule has 152 valence electrons. The summed E-state index contributed by atoms with van der Waals surface area (Å²) in [5.74, 6) is 2.53. The standard InChI is InChI=1S/C26H27N3O/c1-4-5-18-30-24-16-12-22(13-17-24)26-28-27-25(21-10-6-19(2)7-11-21)29(26)23-14-8-20(3)9-15-23/h6-17H,4-5,18H2,1-3H3. The molecule has 0 atom stereocenters. The van der Waals surface area contributed by atoms with E-state index >= 15 is 0 Å². The summed E-state index contributed by atoms with van der Waals surface area (Å²) in [6.45, 7) is 7.09. The molecule has 0 aliphatic carbocycles. The molecule has 0 saturated carbocycles. The van der Waals surface area contributed by atoms with Crippen LogP contribution in [-0.4, -0.2) is 21.4 Å². The van der Waals surface area contributed by atoms with Crippen LogP contribution in [0, 0.1) is 13.8 Å². The fourth-order valence-corrected chi connectivity index (χ4v) is 3.33. The molecule has 0 amide bonds. The Kier molecular flexibility index (Phi) is 5.94. The third-order valence-electron chi connectivity index (χ3n) is 5.14. The van der Waals surface area contributed by atoms with E-state index in [1.807, 2.05) is 12.1 Å². The van der Waals surface area contributed by atoms with E-state index in [2.05, 4.69) is 96.2 Å². The summed E-state index contributed by atoms with van der Waals surface area (Å²) in [6.07, 6.45) is 2.18. The summed E-state index contributed by atoms with van der Waals surface area (Å²) in [4.78, 5) is 0. The second-order valence-electron chi connectivity index (χ2n) is 7.61. The van der Waals surface area contributed by atoms with Gasteiger partial charge in [-0.15, -0.1) is 10.2 Å². The molecular weight excluding hydrogens is 370 g/mol. The number of aromatic nitrogens is 3. The van der Waals surface area contributed by atoms with Gasteiger partial charge in [0.1, 0.15) is 5.75 Å². The predicted molar refractivity (Wildman–Crippen MR) is 122 cm³/mol. The van der Waals surface area contributed by atoms with Crippen molar-refractivity contribution in [1.82, 2.24) is 14.8 Å². The van der Waals surface area contributed by atoms with Gasteiger partial charge in [-0.2, -0.15) is 0 Å². The molecule has 4 aromatic rings. The highest BCUT2D eigenvalue weighted by Crippen LogP contribution is 2.29. The zero-order valence-electron chi connectivity index (χ0n) is 17.8. The number of hydrogen-bond donors (Lipinski definition) is 0. The van der Waals surface area contributed by atoms with E-state index < -0.39 is 0 Å². The van der Waals surface area contributed by atoms with Gasteiger partial charge >= 0.3 is 0 Å². The van der Waals surface area contributed by atoms with Crippen molar-refractivity contribution in [3.05, 3.63) is 83.9 Å². The van der Waals surface area contributed by atoms with Gasteiger partial charge < -0.3 is 4.74 Å². The minimum Gasteiger partial charge on any atom is -0.494 e. The summed E-state index contributed by atoms with van der Waals surface area (Å²) < 4.78 is 7.93. The van der Waals surface area contributed by atoms with Gasteiger partial charge in [0.15, 0.2) is 11.6 Å². The summed E-state index contributed by atoms with van der Waals surface area (Å²) in [5, 5.41) is 9.12. The van der Waals surface area contributed by atoms with Gasteiger partial charge in [-0.1, -0.05) is 60.9 Å². The monoisotopic (exact) mass is 397 g/mol. The third kappa shape index (κ3) is 4.28. The Hall–Kier alpha value is -3.40. The Labute approximate surface area is 178 Å². The fraction of sp³-hybridized carbons (Fsp3) is 0.231. The number of nitrogens with zero attached hydrogens (tertiary/aromatic N) is 3. The van der Waals surface area contributed by atoms with E-state index in [-0.39, 0.29) is 0 Å². The Morgan fingerprint density at radius 2 is 1.20 bits per heavy atom. The molecule has 4 nitrogen and oxygen atoms in total. The van der Waals surface area contributed by atoms with E-state index in [9.17, 15) is 0 Å². The van der Waals surface area contributed by atoms with Crippen molar-refractivity contribution in [2.75, 3.05) is 6.61 Å². The van der Waals surface area contributed by atoms with E-state index in [0.717, 1.165) is 53.7 Å². The van der Waals surface area contributed by atoms with Crippen LogP contribution in [0.25, 0.3) is 28.5 Å². The van der Waals surface area contributed by atoms with E-state index in [1.54, 1.807) is 0 Å². The van der Waals surface area contributed by atoms with E-state index in [4.69, 9.17) is 4.74 Å². The van der Waals surface area contributed by atoms with Crippen molar-refractivity contribution >= 4 is 0 Å². The number of aryl methyl sites for hydroxylation is 2. The van der Waals surface area contributed by atoms with Gasteiger partial charge in [-0.05, 0) is 56.7 Å². The molecule has 1 heterocycles.